The minimum absolute atomic E-state index is 0. The normalized spacial score (nSPS) is 16.8. The van der Waals surface area contributed by atoms with Crippen LogP contribution in [0.15, 0.2) is 46.0 Å². The van der Waals surface area contributed by atoms with E-state index in [4.69, 9.17) is 5.73 Å². The smallest absolute Gasteiger partial charge is 0.331 e. The first-order valence-corrected chi connectivity index (χ1v) is 13.2. The molecule has 2 heterocycles. The Morgan fingerprint density at radius 2 is 1.85 bits per heavy atom. The summed E-state index contributed by atoms with van der Waals surface area (Å²) in [4.78, 5) is 55.3. The fraction of sp³-hybridized carbons (Fsp3) is 0.393. The van der Waals surface area contributed by atoms with Crippen LogP contribution in [0.5, 0.6) is 0 Å². The molecular formula is C28H31ClFN7O4. The van der Waals surface area contributed by atoms with Gasteiger partial charge in [0.25, 0.3) is 5.56 Å². The van der Waals surface area contributed by atoms with Crippen molar-refractivity contribution in [3.05, 3.63) is 68.6 Å². The second-order valence-electron chi connectivity index (χ2n) is 10.6. The fourth-order valence-electron chi connectivity index (χ4n) is 5.09. The Bertz CT molecular complexity index is 1670. The van der Waals surface area contributed by atoms with Gasteiger partial charge in [-0.15, -0.1) is 12.4 Å². The van der Waals surface area contributed by atoms with Crippen LogP contribution in [-0.4, -0.2) is 51.6 Å². The van der Waals surface area contributed by atoms with Crippen molar-refractivity contribution in [1.82, 2.24) is 19.4 Å². The van der Waals surface area contributed by atoms with Crippen LogP contribution in [-0.2, 0) is 11.3 Å². The van der Waals surface area contributed by atoms with Crippen LogP contribution in [0.25, 0.3) is 10.9 Å². The van der Waals surface area contributed by atoms with Gasteiger partial charge in [0.05, 0.1) is 27.8 Å². The highest BCUT2D eigenvalue weighted by molar-refractivity contribution is 6.01. The lowest BCUT2D eigenvalue weighted by Crippen LogP contribution is -2.59. The molecule has 3 N–H and O–H groups in total. The summed E-state index contributed by atoms with van der Waals surface area (Å²) < 4.78 is 17.6. The number of primary amides is 1. The van der Waals surface area contributed by atoms with E-state index >= 15 is 0 Å². The number of nitrogens with two attached hydrogens (primary N) is 1. The molecule has 1 aliphatic carbocycles. The number of hydrogen-bond donors (Lipinski definition) is 2. The summed E-state index contributed by atoms with van der Waals surface area (Å²) >= 11 is 0. The third kappa shape index (κ3) is 5.68. The standard InChI is InChI=1S/C28H30FN7O4.ClH/c1-16(2)35-24-8-7-19(11-21(24)26(38)34(28(35)40)14-17-3-4-17)36(20-6-5-18(13-30)22(29)12-20)27(39)33-10-9-32-23(15-33)25(31)37;/h5-8,11-12,16-17,23,32H,3-4,9-10,14-15H2,1-2H3,(H2,31,37);1H. The number of hydrogen-bond acceptors (Lipinski definition) is 6. The van der Waals surface area contributed by atoms with Gasteiger partial charge >= 0.3 is 11.7 Å². The third-order valence-corrected chi connectivity index (χ3v) is 7.38. The summed E-state index contributed by atoms with van der Waals surface area (Å²) in [5, 5.41) is 12.4. The van der Waals surface area contributed by atoms with E-state index in [1.807, 2.05) is 13.8 Å². The Morgan fingerprint density at radius 1 is 1.17 bits per heavy atom. The van der Waals surface area contributed by atoms with Crippen molar-refractivity contribution >= 4 is 46.6 Å². The number of carbonyl (C=O) groups is 2. The van der Waals surface area contributed by atoms with Gasteiger partial charge in [0.15, 0.2) is 0 Å². The lowest BCUT2D eigenvalue weighted by molar-refractivity contribution is -0.120. The van der Waals surface area contributed by atoms with Gasteiger partial charge in [-0.1, -0.05) is 0 Å². The van der Waals surface area contributed by atoms with Crippen molar-refractivity contribution < 1.29 is 14.0 Å². The highest BCUT2D eigenvalue weighted by atomic mass is 35.5. The van der Waals surface area contributed by atoms with Crippen molar-refractivity contribution in [2.45, 2.75) is 45.3 Å². The molecule has 5 rings (SSSR count). The van der Waals surface area contributed by atoms with E-state index in [9.17, 15) is 28.8 Å². The van der Waals surface area contributed by atoms with Gasteiger partial charge in [-0.3, -0.25) is 23.6 Å². The summed E-state index contributed by atoms with van der Waals surface area (Å²) in [7, 11) is 0. The zero-order valence-corrected chi connectivity index (χ0v) is 23.5. The summed E-state index contributed by atoms with van der Waals surface area (Å²) in [6.07, 6.45) is 1.91. The van der Waals surface area contributed by atoms with E-state index in [0.717, 1.165) is 18.9 Å². The molecule has 1 saturated carbocycles. The molecule has 216 valence electrons. The molecule has 11 nitrogen and oxygen atoms in total. The molecule has 0 spiro atoms. The number of halogens is 2. The highest BCUT2D eigenvalue weighted by Gasteiger charge is 2.32. The number of amides is 3. The lowest BCUT2D eigenvalue weighted by Gasteiger charge is -2.36. The zero-order valence-electron chi connectivity index (χ0n) is 22.7. The summed E-state index contributed by atoms with van der Waals surface area (Å²) in [5.41, 5.74) is 5.26. The Hall–Kier alpha value is -4.21. The van der Waals surface area contributed by atoms with E-state index in [2.05, 4.69) is 5.32 Å². The molecule has 0 radical (unpaired) electrons. The number of nitrogens with one attached hydrogen (secondary N) is 1. The maximum atomic E-state index is 14.7. The Balaban J connectivity index is 0.00000387. The first-order chi connectivity index (χ1) is 19.1. The van der Waals surface area contributed by atoms with Gasteiger partial charge in [-0.2, -0.15) is 5.26 Å². The second-order valence-corrected chi connectivity index (χ2v) is 10.6. The van der Waals surface area contributed by atoms with Gasteiger partial charge in [0, 0.05) is 32.2 Å². The van der Waals surface area contributed by atoms with Crippen molar-refractivity contribution in [1.29, 1.82) is 5.26 Å². The monoisotopic (exact) mass is 583 g/mol. The molecule has 2 aliphatic rings. The number of aromatic nitrogens is 2. The molecule has 1 unspecified atom stereocenters. The number of fused-ring (bicyclic) bond motifs is 1. The van der Waals surface area contributed by atoms with Crippen molar-refractivity contribution in [2.75, 3.05) is 24.5 Å². The first kappa shape index (κ1) is 29.8. The number of anilines is 2. The van der Waals surface area contributed by atoms with E-state index in [1.165, 1.54) is 32.6 Å². The van der Waals surface area contributed by atoms with E-state index in [0.29, 0.717) is 18.6 Å². The number of benzene rings is 2. The van der Waals surface area contributed by atoms with Crippen molar-refractivity contribution in [2.24, 2.45) is 11.7 Å². The molecular weight excluding hydrogens is 553 g/mol. The maximum absolute atomic E-state index is 14.7. The number of rotatable bonds is 6. The Labute approximate surface area is 241 Å². The van der Waals surface area contributed by atoms with Crippen LogP contribution in [0, 0.1) is 23.1 Å². The minimum Gasteiger partial charge on any atom is -0.368 e. The molecule has 2 fully saturated rings. The molecule has 2 aromatic carbocycles. The summed E-state index contributed by atoms with van der Waals surface area (Å²) in [5.74, 6) is -1.14. The van der Waals surface area contributed by atoms with E-state index < -0.39 is 29.4 Å². The number of carbonyl (C=O) groups excluding carboxylic acids is 2. The van der Waals surface area contributed by atoms with Crippen LogP contribution in [0.2, 0.25) is 0 Å². The predicted octanol–water partition coefficient (Wildman–Crippen LogP) is 2.60. The Morgan fingerprint density at radius 3 is 2.46 bits per heavy atom. The number of nitriles is 1. The van der Waals surface area contributed by atoms with Gasteiger partial charge in [-0.25, -0.2) is 14.0 Å². The van der Waals surface area contributed by atoms with E-state index in [1.54, 1.807) is 22.8 Å². The largest absolute Gasteiger partial charge is 0.368 e. The van der Waals surface area contributed by atoms with Crippen LogP contribution < -0.4 is 27.2 Å². The Kier molecular flexibility index (Phi) is 8.51. The molecule has 1 saturated heterocycles. The SMILES string of the molecule is CC(C)n1c(=O)n(CC2CC2)c(=O)c2cc(N(C(=O)N3CCNC(C(N)=O)C3)c3ccc(C#N)c(F)c3)ccc21.Cl. The zero-order chi connectivity index (χ0) is 28.7. The van der Waals surface area contributed by atoms with Crippen molar-refractivity contribution in [3.63, 3.8) is 0 Å². The number of piperazine rings is 1. The number of nitrogens with zero attached hydrogens (tertiary/aromatic N) is 5. The van der Waals surface area contributed by atoms with Gasteiger partial charge in [0.1, 0.15) is 17.9 Å². The summed E-state index contributed by atoms with van der Waals surface area (Å²) in [6, 6.07) is 8.73. The second kappa shape index (κ2) is 11.7. The van der Waals surface area contributed by atoms with Gasteiger partial charge in [0.2, 0.25) is 5.91 Å². The van der Waals surface area contributed by atoms with Crippen LogP contribution in [0.4, 0.5) is 20.6 Å². The molecule has 3 amide bonds. The third-order valence-electron chi connectivity index (χ3n) is 7.38. The van der Waals surface area contributed by atoms with Gasteiger partial charge in [-0.05, 0) is 69.0 Å². The molecule has 3 aromatic rings. The summed E-state index contributed by atoms with van der Waals surface area (Å²) in [6.45, 7) is 4.61. The lowest BCUT2D eigenvalue weighted by atomic mass is 10.1. The number of urea groups is 1. The van der Waals surface area contributed by atoms with E-state index in [-0.39, 0.29) is 65.5 Å². The maximum Gasteiger partial charge on any atom is 0.331 e. The fourth-order valence-corrected chi connectivity index (χ4v) is 5.09. The minimum atomic E-state index is -0.811. The molecule has 1 atom stereocenters. The van der Waals surface area contributed by atoms with Gasteiger partial charge < -0.3 is 16.0 Å². The molecule has 41 heavy (non-hydrogen) atoms. The molecule has 1 aromatic heterocycles. The van der Waals surface area contributed by atoms with Crippen molar-refractivity contribution in [3.8, 4) is 6.07 Å². The average molecular weight is 584 g/mol. The molecule has 13 heteroatoms. The molecule has 0 bridgehead atoms. The molecule has 1 aliphatic heterocycles. The van der Waals surface area contributed by atoms with Crippen LogP contribution in [0.1, 0.15) is 38.3 Å². The topological polar surface area (TPSA) is 146 Å². The van der Waals surface area contributed by atoms with Crippen LogP contribution in [0.3, 0.4) is 0 Å². The predicted molar refractivity (Wildman–Crippen MR) is 154 cm³/mol. The highest BCUT2D eigenvalue weighted by Crippen LogP contribution is 2.32. The quantitative estimate of drug-likeness (QED) is 0.456. The van der Waals surface area contributed by atoms with Crippen LogP contribution >= 0.6 is 12.4 Å². The first-order valence-electron chi connectivity index (χ1n) is 13.2. The average Bonchev–Trinajstić information content (AvgIpc) is 3.76.